The van der Waals surface area contributed by atoms with Gasteiger partial charge in [-0.1, -0.05) is 18.2 Å². The highest BCUT2D eigenvalue weighted by atomic mass is 16.5. The van der Waals surface area contributed by atoms with Gasteiger partial charge in [-0.3, -0.25) is 4.79 Å². The molecule has 4 N–H and O–H groups in total. The number of H-pyrrole nitrogens is 1. The summed E-state index contributed by atoms with van der Waals surface area (Å²) in [6, 6.07) is 14.1. The number of carbonyl (C=O) groups excluding carboxylic acids is 1. The molecule has 0 unspecified atom stereocenters. The fourth-order valence-corrected chi connectivity index (χ4v) is 4.48. The minimum atomic E-state index is -1.22. The van der Waals surface area contributed by atoms with Gasteiger partial charge in [0, 0.05) is 34.5 Å². The molecule has 0 saturated carbocycles. The van der Waals surface area contributed by atoms with E-state index in [2.05, 4.69) is 10.3 Å². The molecule has 0 bridgehead atoms. The number of phenolic OH excluding ortho intramolecular Hbond substituents is 1. The number of aromatic amines is 1. The maximum absolute atomic E-state index is 12.9. The molecule has 0 spiro atoms. The summed E-state index contributed by atoms with van der Waals surface area (Å²) < 4.78 is 11.4. The third kappa shape index (κ3) is 4.47. The van der Waals surface area contributed by atoms with Crippen LogP contribution in [0.1, 0.15) is 18.1 Å². The predicted octanol–water partition coefficient (Wildman–Crippen LogP) is 4.02. The van der Waals surface area contributed by atoms with Crippen LogP contribution in [0.4, 0.5) is 0 Å². The van der Waals surface area contributed by atoms with Crippen LogP contribution in [0.3, 0.4) is 0 Å². The maximum atomic E-state index is 12.9. The average Bonchev–Trinajstić information content (AvgIpc) is 3.27. The highest BCUT2D eigenvalue weighted by Crippen LogP contribution is 2.31. The molecule has 188 valence electrons. The minimum Gasteiger partial charge on any atom is -0.508 e. The van der Waals surface area contributed by atoms with E-state index in [4.69, 9.17) is 9.15 Å². The number of amides is 1. The lowest BCUT2D eigenvalue weighted by molar-refractivity contribution is -0.142. The Kier molecular flexibility index (Phi) is 6.04. The number of hydrogen-bond acceptors (Lipinski definition) is 6. The first-order chi connectivity index (χ1) is 17.7. The molecule has 0 saturated heterocycles. The van der Waals surface area contributed by atoms with Gasteiger partial charge in [0.1, 0.15) is 23.1 Å². The molecule has 0 aliphatic rings. The number of rotatable bonds is 7. The van der Waals surface area contributed by atoms with Gasteiger partial charge in [0.25, 0.3) is 5.91 Å². The summed E-state index contributed by atoms with van der Waals surface area (Å²) in [5.41, 5.74) is 1.82. The number of aromatic nitrogens is 1. The van der Waals surface area contributed by atoms with Gasteiger partial charge >= 0.3 is 11.6 Å². The van der Waals surface area contributed by atoms with Crippen LogP contribution < -0.4 is 15.7 Å². The Balaban J connectivity index is 1.36. The monoisotopic (exact) mass is 500 g/mol. The molecule has 1 amide bonds. The Morgan fingerprint density at radius 3 is 2.57 bits per heavy atom. The molecule has 0 fully saturated rings. The van der Waals surface area contributed by atoms with Gasteiger partial charge in [-0.05, 0) is 61.2 Å². The SMILES string of the molecule is Cc1c(O[C@@H](C)C(=O)N[C@H](Cc2c[nH]c3ccc(O)cc23)C(=O)O)ccc2c1oc(=O)c1ccccc12. The molecule has 0 aliphatic carbocycles. The van der Waals surface area contributed by atoms with E-state index in [0.29, 0.717) is 33.2 Å². The predicted molar refractivity (Wildman–Crippen MR) is 138 cm³/mol. The van der Waals surface area contributed by atoms with Crippen molar-refractivity contribution in [1.29, 1.82) is 0 Å². The molecule has 5 rings (SSSR count). The summed E-state index contributed by atoms with van der Waals surface area (Å²) in [5, 5.41) is 24.7. The maximum Gasteiger partial charge on any atom is 0.344 e. The van der Waals surface area contributed by atoms with E-state index >= 15 is 0 Å². The van der Waals surface area contributed by atoms with Crippen LogP contribution in [0.5, 0.6) is 11.5 Å². The third-order valence-electron chi connectivity index (χ3n) is 6.45. The van der Waals surface area contributed by atoms with Gasteiger partial charge in [-0.25, -0.2) is 9.59 Å². The molecule has 5 aromatic rings. The van der Waals surface area contributed by atoms with Crippen LogP contribution >= 0.6 is 0 Å². The molecular formula is C28H24N2O7. The third-order valence-corrected chi connectivity index (χ3v) is 6.45. The number of carboxylic acid groups (broad SMARTS) is 1. The van der Waals surface area contributed by atoms with Crippen molar-refractivity contribution in [2.75, 3.05) is 0 Å². The molecule has 2 heterocycles. The van der Waals surface area contributed by atoms with Crippen molar-refractivity contribution in [1.82, 2.24) is 10.3 Å². The van der Waals surface area contributed by atoms with Gasteiger partial charge in [-0.15, -0.1) is 0 Å². The van der Waals surface area contributed by atoms with E-state index in [9.17, 15) is 24.6 Å². The second kappa shape index (κ2) is 9.34. The number of aromatic hydroxyl groups is 1. The van der Waals surface area contributed by atoms with Crippen LogP contribution in [0, 0.1) is 6.92 Å². The average molecular weight is 501 g/mol. The number of fused-ring (bicyclic) bond motifs is 4. The van der Waals surface area contributed by atoms with Crippen molar-refractivity contribution in [2.24, 2.45) is 0 Å². The lowest BCUT2D eigenvalue weighted by Crippen LogP contribution is -2.47. The van der Waals surface area contributed by atoms with Crippen molar-refractivity contribution in [3.8, 4) is 11.5 Å². The van der Waals surface area contributed by atoms with E-state index in [1.165, 1.54) is 19.1 Å². The second-order valence-electron chi connectivity index (χ2n) is 8.91. The molecule has 3 aromatic carbocycles. The van der Waals surface area contributed by atoms with E-state index in [-0.39, 0.29) is 12.2 Å². The number of benzene rings is 3. The van der Waals surface area contributed by atoms with E-state index in [1.54, 1.807) is 43.5 Å². The smallest absolute Gasteiger partial charge is 0.344 e. The number of aryl methyl sites for hydroxylation is 1. The van der Waals surface area contributed by atoms with Gasteiger partial charge in [0.15, 0.2) is 6.10 Å². The van der Waals surface area contributed by atoms with Gasteiger partial charge in [-0.2, -0.15) is 0 Å². The second-order valence-corrected chi connectivity index (χ2v) is 8.91. The van der Waals surface area contributed by atoms with Crippen LogP contribution in [-0.2, 0) is 16.0 Å². The van der Waals surface area contributed by atoms with Crippen molar-refractivity contribution in [3.63, 3.8) is 0 Å². The van der Waals surface area contributed by atoms with Gasteiger partial charge in [0.2, 0.25) is 0 Å². The van der Waals surface area contributed by atoms with Gasteiger partial charge < -0.3 is 29.7 Å². The highest BCUT2D eigenvalue weighted by Gasteiger charge is 2.26. The van der Waals surface area contributed by atoms with Gasteiger partial charge in [0.05, 0.1) is 5.39 Å². The zero-order chi connectivity index (χ0) is 26.3. The Hall–Kier alpha value is -4.79. The first-order valence-electron chi connectivity index (χ1n) is 11.7. The molecule has 0 aliphatic heterocycles. The van der Waals surface area contributed by atoms with Crippen molar-refractivity contribution >= 4 is 44.5 Å². The summed E-state index contributed by atoms with van der Waals surface area (Å²) in [6.07, 6.45) is 0.629. The van der Waals surface area contributed by atoms with Crippen LogP contribution in [0.2, 0.25) is 0 Å². The quantitative estimate of drug-likeness (QED) is 0.195. The number of phenols is 1. The fraction of sp³-hybridized carbons (Fsp3) is 0.179. The van der Waals surface area contributed by atoms with Crippen molar-refractivity contribution in [2.45, 2.75) is 32.4 Å². The molecule has 9 heteroatoms. The Labute approximate surface area is 210 Å². The summed E-state index contributed by atoms with van der Waals surface area (Å²) in [7, 11) is 0. The summed E-state index contributed by atoms with van der Waals surface area (Å²) in [6.45, 7) is 3.24. The first-order valence-corrected chi connectivity index (χ1v) is 11.7. The molecule has 9 nitrogen and oxygen atoms in total. The number of carbonyl (C=O) groups is 2. The minimum absolute atomic E-state index is 0.00444. The molecule has 2 atom stereocenters. The molecular weight excluding hydrogens is 476 g/mol. The summed E-state index contributed by atoms with van der Waals surface area (Å²) >= 11 is 0. The van der Waals surface area contributed by atoms with Crippen molar-refractivity contribution < 1.29 is 29.0 Å². The fourth-order valence-electron chi connectivity index (χ4n) is 4.48. The number of hydrogen-bond donors (Lipinski definition) is 4. The zero-order valence-corrected chi connectivity index (χ0v) is 20.1. The number of carboxylic acids is 1. The lowest BCUT2D eigenvalue weighted by atomic mass is 10.0. The largest absolute Gasteiger partial charge is 0.508 e. The van der Waals surface area contributed by atoms with Crippen LogP contribution in [0.15, 0.2) is 70.0 Å². The van der Waals surface area contributed by atoms with Crippen LogP contribution in [0.25, 0.3) is 32.6 Å². The standard InChI is InChI=1S/C28H24N2O7/c1-14-24(10-8-19-18-5-3-4-6-20(18)28(35)37-25(14)19)36-15(2)26(32)30-23(27(33)34)11-16-13-29-22-9-7-17(31)12-21(16)22/h3-10,12-13,15,23,29,31H,11H2,1-2H3,(H,30,32)(H,33,34)/t15-,23+/m0/s1. The Morgan fingerprint density at radius 1 is 1.05 bits per heavy atom. The molecule has 37 heavy (non-hydrogen) atoms. The van der Waals surface area contributed by atoms with E-state index in [0.717, 1.165) is 16.3 Å². The zero-order valence-electron chi connectivity index (χ0n) is 20.1. The topological polar surface area (TPSA) is 142 Å². The van der Waals surface area contributed by atoms with Crippen LogP contribution in [-0.4, -0.2) is 39.2 Å². The lowest BCUT2D eigenvalue weighted by Gasteiger charge is -2.20. The first kappa shape index (κ1) is 23.9. The Bertz CT molecular complexity index is 1730. The van der Waals surface area contributed by atoms with E-state index < -0.39 is 29.6 Å². The number of nitrogens with one attached hydrogen (secondary N) is 2. The highest BCUT2D eigenvalue weighted by molar-refractivity contribution is 6.05. The number of ether oxygens (including phenoxy) is 1. The summed E-state index contributed by atoms with van der Waals surface area (Å²) in [4.78, 5) is 40.3. The summed E-state index contributed by atoms with van der Waals surface area (Å²) in [5.74, 6) is -1.42. The van der Waals surface area contributed by atoms with Crippen molar-refractivity contribution in [3.05, 3.63) is 82.3 Å². The Morgan fingerprint density at radius 2 is 1.81 bits per heavy atom. The normalized spacial score (nSPS) is 13.0. The molecule has 2 aromatic heterocycles. The van der Waals surface area contributed by atoms with E-state index in [1.807, 2.05) is 12.1 Å². The number of aliphatic carboxylic acids is 1. The molecule has 0 radical (unpaired) electrons.